The zero-order chi connectivity index (χ0) is 8.55. The van der Waals surface area contributed by atoms with Gasteiger partial charge in [0.1, 0.15) is 6.04 Å². The van der Waals surface area contributed by atoms with Gasteiger partial charge in [-0.05, 0) is 12.0 Å². The predicted molar refractivity (Wildman–Crippen MR) is 48.5 cm³/mol. The molecule has 0 spiro atoms. The highest BCUT2D eigenvalue weighted by molar-refractivity contribution is 5.49. The molecule has 0 radical (unpaired) electrons. The van der Waals surface area contributed by atoms with Crippen LogP contribution < -0.4 is 0 Å². The molecule has 1 heterocycles. The Morgan fingerprint density at radius 1 is 1.25 bits per heavy atom. The summed E-state index contributed by atoms with van der Waals surface area (Å²) in [4.78, 5) is 0. The van der Waals surface area contributed by atoms with Crippen molar-refractivity contribution in [3.63, 3.8) is 0 Å². The lowest BCUT2D eigenvalue weighted by Gasteiger charge is -2.10. The molecule has 0 fully saturated rings. The van der Waals surface area contributed by atoms with Crippen LogP contribution in [-0.4, -0.2) is 0 Å². The lowest BCUT2D eigenvalue weighted by atomic mass is 9.97. The van der Waals surface area contributed by atoms with E-state index in [-0.39, 0.29) is 6.04 Å². The summed E-state index contributed by atoms with van der Waals surface area (Å²) in [5, 5.41) is 8.36. The normalized spacial score (nSPS) is 20.1. The second-order valence-corrected chi connectivity index (χ2v) is 3.46. The van der Waals surface area contributed by atoms with E-state index in [2.05, 4.69) is 30.1 Å². The van der Waals surface area contributed by atoms with E-state index in [1.165, 1.54) is 5.56 Å². The first-order chi connectivity index (χ1) is 5.79. The maximum atomic E-state index is 4.23. The quantitative estimate of drug-likeness (QED) is 0.600. The van der Waals surface area contributed by atoms with E-state index >= 15 is 0 Å². The largest absolute Gasteiger partial charge is 0.180 e. The highest BCUT2D eigenvalue weighted by Gasteiger charge is 2.22. The fourth-order valence-electron chi connectivity index (χ4n) is 1.51. The van der Waals surface area contributed by atoms with Crippen molar-refractivity contribution in [2.45, 2.75) is 19.9 Å². The van der Waals surface area contributed by atoms with Gasteiger partial charge in [0, 0.05) is 5.56 Å². The van der Waals surface area contributed by atoms with E-state index in [0.29, 0.717) is 5.92 Å². The molecular formula is C10H12N2. The zero-order valence-electron chi connectivity index (χ0n) is 7.36. The smallest absolute Gasteiger partial charge is 0.101 e. The Bertz CT molecular complexity index is 315. The molecule has 0 amide bonds. The molecule has 1 aliphatic rings. The summed E-state index contributed by atoms with van der Waals surface area (Å²) < 4.78 is 0. The average Bonchev–Trinajstić information content (AvgIpc) is 2.47. The summed E-state index contributed by atoms with van der Waals surface area (Å²) in [6.07, 6.45) is 0. The number of fused-ring (bicyclic) bond motifs is 1. The molecule has 12 heavy (non-hydrogen) atoms. The molecule has 1 aliphatic heterocycles. The van der Waals surface area contributed by atoms with E-state index < -0.39 is 0 Å². The second kappa shape index (κ2) is 2.70. The lowest BCUT2D eigenvalue weighted by Crippen LogP contribution is -1.99. The van der Waals surface area contributed by atoms with E-state index in [1.54, 1.807) is 0 Å². The van der Waals surface area contributed by atoms with E-state index in [1.807, 2.05) is 18.2 Å². The van der Waals surface area contributed by atoms with Crippen LogP contribution in [0.4, 0.5) is 5.69 Å². The number of hydrogen-bond donors (Lipinski definition) is 0. The van der Waals surface area contributed by atoms with Crippen molar-refractivity contribution in [3.8, 4) is 0 Å². The van der Waals surface area contributed by atoms with Gasteiger partial charge in [0.25, 0.3) is 0 Å². The van der Waals surface area contributed by atoms with Crippen molar-refractivity contribution < 1.29 is 0 Å². The molecule has 0 saturated heterocycles. The number of rotatable bonds is 1. The van der Waals surface area contributed by atoms with Gasteiger partial charge in [0.15, 0.2) is 0 Å². The third kappa shape index (κ3) is 1.04. The molecule has 62 valence electrons. The third-order valence-corrected chi connectivity index (χ3v) is 2.18. The monoisotopic (exact) mass is 160 g/mol. The molecule has 0 saturated carbocycles. The maximum Gasteiger partial charge on any atom is 0.101 e. The van der Waals surface area contributed by atoms with E-state index in [0.717, 1.165) is 5.69 Å². The van der Waals surface area contributed by atoms with Crippen LogP contribution in [0.15, 0.2) is 34.5 Å². The summed E-state index contributed by atoms with van der Waals surface area (Å²) >= 11 is 0. The van der Waals surface area contributed by atoms with Crippen LogP contribution in [0, 0.1) is 5.92 Å². The van der Waals surface area contributed by atoms with Crippen LogP contribution >= 0.6 is 0 Å². The van der Waals surface area contributed by atoms with Crippen molar-refractivity contribution in [1.29, 1.82) is 0 Å². The minimum Gasteiger partial charge on any atom is -0.180 e. The first kappa shape index (κ1) is 7.47. The Balaban J connectivity index is 2.42. The summed E-state index contributed by atoms with van der Waals surface area (Å²) in [6, 6.07) is 8.45. The van der Waals surface area contributed by atoms with Crippen molar-refractivity contribution in [1.82, 2.24) is 0 Å². The fourth-order valence-corrected chi connectivity index (χ4v) is 1.51. The second-order valence-electron chi connectivity index (χ2n) is 3.46. The van der Waals surface area contributed by atoms with Gasteiger partial charge in [0.05, 0.1) is 5.69 Å². The van der Waals surface area contributed by atoms with Gasteiger partial charge in [0.2, 0.25) is 0 Å². The molecule has 2 heteroatoms. The van der Waals surface area contributed by atoms with Crippen molar-refractivity contribution in [2.24, 2.45) is 16.1 Å². The molecule has 0 bridgehead atoms. The molecule has 0 N–H and O–H groups in total. The summed E-state index contributed by atoms with van der Waals surface area (Å²) in [5.74, 6) is 0.539. The Labute approximate surface area is 72.3 Å². The molecule has 1 unspecified atom stereocenters. The third-order valence-electron chi connectivity index (χ3n) is 2.18. The molecule has 2 nitrogen and oxygen atoms in total. The summed E-state index contributed by atoms with van der Waals surface area (Å²) in [7, 11) is 0. The highest BCUT2D eigenvalue weighted by atomic mass is 15.2. The molecule has 2 rings (SSSR count). The van der Waals surface area contributed by atoms with Crippen LogP contribution in [0.2, 0.25) is 0 Å². The Kier molecular flexibility index (Phi) is 1.68. The average molecular weight is 160 g/mol. The summed E-state index contributed by atoms with van der Waals surface area (Å²) in [6.45, 7) is 4.34. The number of nitrogens with zero attached hydrogens (tertiary/aromatic N) is 2. The van der Waals surface area contributed by atoms with Gasteiger partial charge >= 0.3 is 0 Å². The van der Waals surface area contributed by atoms with E-state index in [9.17, 15) is 0 Å². The Morgan fingerprint density at radius 2 is 2.00 bits per heavy atom. The topological polar surface area (TPSA) is 24.7 Å². The van der Waals surface area contributed by atoms with Gasteiger partial charge in [-0.2, -0.15) is 10.2 Å². The van der Waals surface area contributed by atoms with Crippen LogP contribution in [-0.2, 0) is 0 Å². The number of azo groups is 1. The van der Waals surface area contributed by atoms with Gasteiger partial charge < -0.3 is 0 Å². The van der Waals surface area contributed by atoms with Crippen molar-refractivity contribution >= 4 is 5.69 Å². The molecule has 1 aromatic rings. The summed E-state index contributed by atoms with van der Waals surface area (Å²) in [5.41, 5.74) is 2.31. The standard InChI is InChI=1S/C10H12N2/c1-7(2)10-8-5-3-4-6-9(8)11-12-10/h3-7,10H,1-2H3. The van der Waals surface area contributed by atoms with E-state index in [4.69, 9.17) is 0 Å². The SMILES string of the molecule is CC(C)C1N=Nc2ccccc21. The maximum absolute atomic E-state index is 4.23. The molecule has 0 aliphatic carbocycles. The number of benzene rings is 1. The highest BCUT2D eigenvalue weighted by Crippen LogP contribution is 2.39. The minimum atomic E-state index is 0.279. The van der Waals surface area contributed by atoms with Gasteiger partial charge in [-0.3, -0.25) is 0 Å². The van der Waals surface area contributed by atoms with Crippen LogP contribution in [0.3, 0.4) is 0 Å². The molecule has 1 aromatic carbocycles. The molecule has 1 atom stereocenters. The number of hydrogen-bond acceptors (Lipinski definition) is 2. The minimum absolute atomic E-state index is 0.279. The molecule has 0 aromatic heterocycles. The first-order valence-corrected chi connectivity index (χ1v) is 4.29. The van der Waals surface area contributed by atoms with Crippen molar-refractivity contribution in [2.75, 3.05) is 0 Å². The van der Waals surface area contributed by atoms with Crippen LogP contribution in [0.25, 0.3) is 0 Å². The molecular weight excluding hydrogens is 148 g/mol. The lowest BCUT2D eigenvalue weighted by molar-refractivity contribution is 0.515. The first-order valence-electron chi connectivity index (χ1n) is 4.29. The fraction of sp³-hybridized carbons (Fsp3) is 0.400. The Hall–Kier alpha value is -1.18. The van der Waals surface area contributed by atoms with Gasteiger partial charge in [-0.15, -0.1) is 0 Å². The van der Waals surface area contributed by atoms with Gasteiger partial charge in [-0.1, -0.05) is 32.0 Å². The zero-order valence-corrected chi connectivity index (χ0v) is 7.36. The van der Waals surface area contributed by atoms with Crippen molar-refractivity contribution in [3.05, 3.63) is 29.8 Å². The van der Waals surface area contributed by atoms with Crippen LogP contribution in [0.1, 0.15) is 25.5 Å². The predicted octanol–water partition coefficient (Wildman–Crippen LogP) is 3.48. The van der Waals surface area contributed by atoms with Crippen LogP contribution in [0.5, 0.6) is 0 Å². The Morgan fingerprint density at radius 3 is 2.75 bits per heavy atom. The van der Waals surface area contributed by atoms with Gasteiger partial charge in [-0.25, -0.2) is 0 Å².